The molecular formula is C18H23N3O. The normalized spacial score (nSPS) is 17.1. The van der Waals surface area contributed by atoms with Crippen molar-refractivity contribution in [2.45, 2.75) is 46.6 Å². The maximum Gasteiger partial charge on any atom is 0.246 e. The third-order valence-corrected chi connectivity index (χ3v) is 4.42. The van der Waals surface area contributed by atoms with E-state index in [4.69, 9.17) is 0 Å². The van der Waals surface area contributed by atoms with Gasteiger partial charge in [-0.3, -0.25) is 9.48 Å². The van der Waals surface area contributed by atoms with Crippen molar-refractivity contribution in [1.82, 2.24) is 9.78 Å². The summed E-state index contributed by atoms with van der Waals surface area (Å²) < 4.78 is 1.78. The van der Waals surface area contributed by atoms with Crippen LogP contribution in [0.4, 0.5) is 5.69 Å². The number of hydrogen-bond donors (Lipinski definition) is 1. The Kier molecular flexibility index (Phi) is 4.01. The number of anilines is 1. The van der Waals surface area contributed by atoms with Crippen LogP contribution in [-0.4, -0.2) is 15.7 Å². The van der Waals surface area contributed by atoms with Crippen LogP contribution in [0.2, 0.25) is 0 Å². The van der Waals surface area contributed by atoms with Gasteiger partial charge in [0.1, 0.15) is 6.54 Å². The Hall–Kier alpha value is -2.10. The monoisotopic (exact) mass is 297 g/mol. The van der Waals surface area contributed by atoms with Crippen molar-refractivity contribution in [2.24, 2.45) is 5.92 Å². The van der Waals surface area contributed by atoms with Crippen molar-refractivity contribution in [3.63, 3.8) is 0 Å². The Morgan fingerprint density at radius 1 is 1.36 bits per heavy atom. The molecule has 4 heteroatoms. The van der Waals surface area contributed by atoms with Gasteiger partial charge in [-0.2, -0.15) is 5.10 Å². The van der Waals surface area contributed by atoms with E-state index in [1.54, 1.807) is 4.68 Å². The second kappa shape index (κ2) is 5.95. The molecule has 22 heavy (non-hydrogen) atoms. The second-order valence-corrected chi connectivity index (χ2v) is 6.46. The Morgan fingerprint density at radius 2 is 2.09 bits per heavy atom. The fraction of sp³-hybridized carbons (Fsp3) is 0.444. The first-order valence-corrected chi connectivity index (χ1v) is 7.94. The van der Waals surface area contributed by atoms with Crippen LogP contribution in [0.3, 0.4) is 0 Å². The molecule has 1 atom stereocenters. The molecule has 0 spiro atoms. The summed E-state index contributed by atoms with van der Waals surface area (Å²) >= 11 is 0. The zero-order valence-corrected chi connectivity index (χ0v) is 13.5. The molecule has 1 aromatic carbocycles. The molecule has 0 fully saturated rings. The lowest BCUT2D eigenvalue weighted by Crippen LogP contribution is -2.20. The van der Waals surface area contributed by atoms with Gasteiger partial charge in [0, 0.05) is 11.9 Å². The van der Waals surface area contributed by atoms with Crippen LogP contribution in [0.15, 0.2) is 24.4 Å². The van der Waals surface area contributed by atoms with Crippen LogP contribution in [0, 0.1) is 19.8 Å². The zero-order valence-electron chi connectivity index (χ0n) is 13.5. The minimum atomic E-state index is -0.0229. The summed E-state index contributed by atoms with van der Waals surface area (Å²) in [6.45, 7) is 6.57. The van der Waals surface area contributed by atoms with E-state index in [2.05, 4.69) is 17.3 Å². The number of carbonyl (C=O) groups is 1. The minimum absolute atomic E-state index is 0.0229. The highest BCUT2D eigenvalue weighted by Crippen LogP contribution is 2.24. The van der Waals surface area contributed by atoms with Crippen molar-refractivity contribution in [3.05, 3.63) is 46.8 Å². The van der Waals surface area contributed by atoms with Gasteiger partial charge in [0.05, 0.1) is 5.69 Å². The highest BCUT2D eigenvalue weighted by molar-refractivity contribution is 5.92. The van der Waals surface area contributed by atoms with Gasteiger partial charge >= 0.3 is 0 Å². The molecule has 0 aliphatic heterocycles. The van der Waals surface area contributed by atoms with Crippen LogP contribution < -0.4 is 5.32 Å². The van der Waals surface area contributed by atoms with Gasteiger partial charge in [0.25, 0.3) is 0 Å². The highest BCUT2D eigenvalue weighted by atomic mass is 16.2. The molecule has 0 saturated heterocycles. The number of nitrogens with zero attached hydrogens (tertiary/aromatic N) is 2. The third-order valence-electron chi connectivity index (χ3n) is 4.42. The number of carbonyl (C=O) groups excluding carboxylic acids is 1. The van der Waals surface area contributed by atoms with Crippen molar-refractivity contribution >= 4 is 11.6 Å². The summed E-state index contributed by atoms with van der Waals surface area (Å²) in [6.07, 6.45) is 5.34. The lowest BCUT2D eigenvalue weighted by Gasteiger charge is -2.15. The van der Waals surface area contributed by atoms with E-state index < -0.39 is 0 Å². The molecule has 1 amide bonds. The summed E-state index contributed by atoms with van der Waals surface area (Å²) in [5.74, 6) is 0.693. The fourth-order valence-electron chi connectivity index (χ4n) is 3.16. The summed E-state index contributed by atoms with van der Waals surface area (Å²) in [4.78, 5) is 12.3. The SMILES string of the molecule is Cc1cccc(C)c1NC(=O)Cn1cc2c(n1)CC[C@@H](C)C2. The topological polar surface area (TPSA) is 46.9 Å². The maximum absolute atomic E-state index is 12.3. The number of aryl methyl sites for hydroxylation is 3. The number of nitrogens with one attached hydrogen (secondary N) is 1. The first kappa shape index (κ1) is 14.8. The molecule has 0 saturated carbocycles. The molecule has 1 N–H and O–H groups in total. The number of fused-ring (bicyclic) bond motifs is 1. The van der Waals surface area contributed by atoms with Crippen LogP contribution in [0.5, 0.6) is 0 Å². The van der Waals surface area contributed by atoms with Gasteiger partial charge < -0.3 is 5.32 Å². The quantitative estimate of drug-likeness (QED) is 0.945. The highest BCUT2D eigenvalue weighted by Gasteiger charge is 2.19. The number of rotatable bonds is 3. The molecule has 1 aromatic heterocycles. The second-order valence-electron chi connectivity index (χ2n) is 6.46. The molecule has 2 aromatic rings. The first-order valence-electron chi connectivity index (χ1n) is 7.94. The lowest BCUT2D eigenvalue weighted by molar-refractivity contribution is -0.116. The van der Waals surface area contributed by atoms with Crippen molar-refractivity contribution in [3.8, 4) is 0 Å². The average molecular weight is 297 g/mol. The Balaban J connectivity index is 1.70. The van der Waals surface area contributed by atoms with Crippen LogP contribution >= 0.6 is 0 Å². The fourth-order valence-corrected chi connectivity index (χ4v) is 3.16. The Bertz CT molecular complexity index is 682. The Morgan fingerprint density at radius 3 is 2.82 bits per heavy atom. The Labute approximate surface area is 131 Å². The van der Waals surface area contributed by atoms with Crippen molar-refractivity contribution in [2.75, 3.05) is 5.32 Å². The number of hydrogen-bond acceptors (Lipinski definition) is 2. The maximum atomic E-state index is 12.3. The van der Waals surface area contributed by atoms with E-state index >= 15 is 0 Å². The van der Waals surface area contributed by atoms with Gasteiger partial charge in [0.15, 0.2) is 0 Å². The smallest absolute Gasteiger partial charge is 0.246 e. The molecule has 0 unspecified atom stereocenters. The molecule has 0 radical (unpaired) electrons. The summed E-state index contributed by atoms with van der Waals surface area (Å²) in [5.41, 5.74) is 5.55. The molecule has 116 valence electrons. The number of para-hydroxylation sites is 1. The largest absolute Gasteiger partial charge is 0.324 e. The predicted molar refractivity (Wildman–Crippen MR) is 88.0 cm³/mol. The third kappa shape index (κ3) is 3.06. The van der Waals surface area contributed by atoms with Gasteiger partial charge in [-0.25, -0.2) is 0 Å². The summed E-state index contributed by atoms with van der Waals surface area (Å²) in [7, 11) is 0. The van der Waals surface area contributed by atoms with Gasteiger partial charge in [-0.05, 0) is 55.7 Å². The van der Waals surface area contributed by atoms with E-state index in [0.29, 0.717) is 5.92 Å². The summed E-state index contributed by atoms with van der Waals surface area (Å²) in [5, 5.41) is 7.58. The average Bonchev–Trinajstić information content (AvgIpc) is 2.84. The predicted octanol–water partition coefficient (Wildman–Crippen LogP) is 3.26. The first-order chi connectivity index (χ1) is 10.5. The number of aromatic nitrogens is 2. The molecule has 1 heterocycles. The van der Waals surface area contributed by atoms with Gasteiger partial charge in [-0.15, -0.1) is 0 Å². The van der Waals surface area contributed by atoms with Crippen molar-refractivity contribution < 1.29 is 4.79 Å². The standard InChI is InChI=1S/C18H23N3O/c1-12-7-8-16-15(9-12)10-21(20-16)11-17(22)19-18-13(2)5-4-6-14(18)3/h4-6,10,12H,7-9,11H2,1-3H3,(H,19,22)/t12-/m1/s1. The van der Waals surface area contributed by atoms with E-state index in [0.717, 1.165) is 35.3 Å². The van der Waals surface area contributed by atoms with E-state index in [1.807, 2.05) is 38.2 Å². The van der Waals surface area contributed by atoms with Gasteiger partial charge in [0.2, 0.25) is 5.91 Å². The number of benzene rings is 1. The van der Waals surface area contributed by atoms with E-state index in [9.17, 15) is 4.79 Å². The van der Waals surface area contributed by atoms with E-state index in [-0.39, 0.29) is 12.5 Å². The molecular weight excluding hydrogens is 274 g/mol. The molecule has 3 rings (SSSR count). The molecule has 0 bridgehead atoms. The number of amides is 1. The zero-order chi connectivity index (χ0) is 15.7. The molecule has 1 aliphatic rings. The van der Waals surface area contributed by atoms with E-state index in [1.165, 1.54) is 12.0 Å². The lowest BCUT2D eigenvalue weighted by atomic mass is 9.89. The minimum Gasteiger partial charge on any atom is -0.324 e. The van der Waals surface area contributed by atoms with Gasteiger partial charge in [-0.1, -0.05) is 25.1 Å². The summed E-state index contributed by atoms with van der Waals surface area (Å²) in [6, 6.07) is 6.02. The molecule has 1 aliphatic carbocycles. The molecule has 4 nitrogen and oxygen atoms in total. The van der Waals surface area contributed by atoms with Crippen molar-refractivity contribution in [1.29, 1.82) is 0 Å². The van der Waals surface area contributed by atoms with Crippen LogP contribution in [0.1, 0.15) is 35.7 Å². The van der Waals surface area contributed by atoms with Crippen LogP contribution in [0.25, 0.3) is 0 Å². The van der Waals surface area contributed by atoms with Crippen LogP contribution in [-0.2, 0) is 24.2 Å².